The van der Waals surface area contributed by atoms with Gasteiger partial charge in [-0.25, -0.2) is 0 Å². The molecule has 9 aromatic rings. The fourth-order valence-electron chi connectivity index (χ4n) is 7.16. The first-order valence-corrected chi connectivity index (χ1v) is 16.3. The average Bonchev–Trinajstić information content (AvgIpc) is 3.65. The monoisotopic (exact) mass is 613 g/mol. The third-order valence-electron chi connectivity index (χ3n) is 9.39. The van der Waals surface area contributed by atoms with E-state index in [1.54, 1.807) is 0 Å². The zero-order chi connectivity index (χ0) is 32.0. The summed E-state index contributed by atoms with van der Waals surface area (Å²) in [6, 6.07) is 57.5. The van der Waals surface area contributed by atoms with Crippen LogP contribution in [-0.4, -0.2) is 14.8 Å². The van der Waals surface area contributed by atoms with Crippen LogP contribution in [0.1, 0.15) is 11.1 Å². The fourth-order valence-corrected chi connectivity index (χ4v) is 7.16. The standard InChI is InChI=1S/C45H31N3/c46-40(33-17-6-2-7-18-33)28-34(31-14-4-1-5-15-31)26-27-47-42-25-24-32-16-10-11-21-36(32)45(42)39-29-38-37-22-12-13-23-41(37)48(44(38)30-43(39)47)35-19-8-3-9-20-35/h1-30,46H/b27-26+,34-28+,46-40?. The second-order valence-corrected chi connectivity index (χ2v) is 12.2. The second-order valence-electron chi connectivity index (χ2n) is 12.2. The highest BCUT2D eigenvalue weighted by molar-refractivity contribution is 6.25. The molecule has 226 valence electrons. The van der Waals surface area contributed by atoms with Crippen LogP contribution in [0.15, 0.2) is 176 Å². The molecule has 0 saturated heterocycles. The third-order valence-corrected chi connectivity index (χ3v) is 9.39. The minimum atomic E-state index is 0.474. The third kappa shape index (κ3) is 4.56. The topological polar surface area (TPSA) is 33.7 Å². The maximum atomic E-state index is 8.94. The van der Waals surface area contributed by atoms with Gasteiger partial charge in [0.05, 0.1) is 27.8 Å². The molecular formula is C45H31N3. The number of rotatable bonds is 6. The van der Waals surface area contributed by atoms with Gasteiger partial charge in [0.2, 0.25) is 0 Å². The van der Waals surface area contributed by atoms with Gasteiger partial charge in [0.25, 0.3) is 0 Å². The predicted octanol–water partition coefficient (Wildman–Crippen LogP) is 11.7. The zero-order valence-corrected chi connectivity index (χ0v) is 26.2. The molecule has 3 heteroatoms. The lowest BCUT2D eigenvalue weighted by atomic mass is 10.0. The SMILES string of the molecule is N=C(/C=C(\C=C\n1c2cc3c(cc2c2c4ccccc4ccc21)c1ccccc1n3-c1ccccc1)c1ccccc1)c1ccccc1. The van der Waals surface area contributed by atoms with E-state index in [0.29, 0.717) is 5.71 Å². The number of nitrogens with zero attached hydrogens (tertiary/aromatic N) is 2. The molecule has 0 aliphatic carbocycles. The molecule has 0 aliphatic heterocycles. The van der Waals surface area contributed by atoms with E-state index >= 15 is 0 Å². The lowest BCUT2D eigenvalue weighted by molar-refractivity contribution is 1.18. The smallest absolute Gasteiger partial charge is 0.0618 e. The maximum Gasteiger partial charge on any atom is 0.0618 e. The number of hydrogen-bond donors (Lipinski definition) is 1. The van der Waals surface area contributed by atoms with Crippen LogP contribution in [0, 0.1) is 5.41 Å². The Hall–Kier alpha value is -6.45. The lowest BCUT2D eigenvalue weighted by Gasteiger charge is -2.09. The van der Waals surface area contributed by atoms with E-state index in [9.17, 15) is 0 Å². The quantitative estimate of drug-likeness (QED) is 0.143. The number of allylic oxidation sites excluding steroid dienone is 3. The van der Waals surface area contributed by atoms with Crippen molar-refractivity contribution in [3.8, 4) is 5.69 Å². The zero-order valence-electron chi connectivity index (χ0n) is 26.2. The van der Waals surface area contributed by atoms with Crippen LogP contribution in [0.2, 0.25) is 0 Å². The number of fused-ring (bicyclic) bond motifs is 8. The highest BCUT2D eigenvalue weighted by atomic mass is 15.0. The Morgan fingerprint density at radius 2 is 1.12 bits per heavy atom. The fraction of sp³-hybridized carbons (Fsp3) is 0. The molecule has 2 heterocycles. The Morgan fingerprint density at radius 3 is 1.90 bits per heavy atom. The van der Waals surface area contributed by atoms with Crippen molar-refractivity contribution in [2.75, 3.05) is 0 Å². The Balaban J connectivity index is 1.34. The Bertz CT molecular complexity index is 2710. The summed E-state index contributed by atoms with van der Waals surface area (Å²) < 4.78 is 4.71. The maximum absolute atomic E-state index is 8.94. The van der Waals surface area contributed by atoms with Crippen molar-refractivity contribution in [1.29, 1.82) is 5.41 Å². The van der Waals surface area contributed by atoms with Crippen molar-refractivity contribution < 1.29 is 0 Å². The first-order chi connectivity index (χ1) is 23.7. The summed E-state index contributed by atoms with van der Waals surface area (Å²) in [6.45, 7) is 0. The molecule has 0 bridgehead atoms. The molecular weight excluding hydrogens is 583 g/mol. The van der Waals surface area contributed by atoms with Gasteiger partial charge in [0, 0.05) is 33.4 Å². The van der Waals surface area contributed by atoms with Crippen LogP contribution < -0.4 is 0 Å². The molecule has 3 nitrogen and oxygen atoms in total. The molecule has 0 amide bonds. The van der Waals surface area contributed by atoms with Gasteiger partial charge in [-0.1, -0.05) is 127 Å². The van der Waals surface area contributed by atoms with Crippen LogP contribution in [0.3, 0.4) is 0 Å². The predicted molar refractivity (Wildman–Crippen MR) is 204 cm³/mol. The van der Waals surface area contributed by atoms with Gasteiger partial charge >= 0.3 is 0 Å². The Morgan fingerprint density at radius 1 is 0.479 bits per heavy atom. The number of nitrogens with one attached hydrogen (secondary N) is 1. The van der Waals surface area contributed by atoms with Crippen molar-refractivity contribution in [1.82, 2.24) is 9.13 Å². The summed E-state index contributed by atoms with van der Waals surface area (Å²) in [4.78, 5) is 0. The van der Waals surface area contributed by atoms with Gasteiger partial charge in [-0.05, 0) is 76.0 Å². The molecule has 9 rings (SSSR count). The van der Waals surface area contributed by atoms with Crippen molar-refractivity contribution in [2.45, 2.75) is 0 Å². The normalized spacial score (nSPS) is 12.3. The van der Waals surface area contributed by atoms with E-state index in [0.717, 1.165) is 33.4 Å². The van der Waals surface area contributed by atoms with Gasteiger partial charge in [-0.15, -0.1) is 0 Å². The highest BCUT2D eigenvalue weighted by Crippen LogP contribution is 2.41. The van der Waals surface area contributed by atoms with E-state index in [2.05, 4.69) is 149 Å². The number of hydrogen-bond acceptors (Lipinski definition) is 1. The second kappa shape index (κ2) is 11.4. The molecule has 0 unspecified atom stereocenters. The summed E-state index contributed by atoms with van der Waals surface area (Å²) in [7, 11) is 0. The van der Waals surface area contributed by atoms with Crippen molar-refractivity contribution in [3.05, 3.63) is 187 Å². The van der Waals surface area contributed by atoms with E-state index in [1.165, 1.54) is 43.4 Å². The molecule has 7 aromatic carbocycles. The summed E-state index contributed by atoms with van der Waals surface area (Å²) in [5, 5.41) is 16.3. The molecule has 0 fully saturated rings. The first kappa shape index (κ1) is 27.8. The molecule has 1 N–H and O–H groups in total. The first-order valence-electron chi connectivity index (χ1n) is 16.3. The van der Waals surface area contributed by atoms with Crippen LogP contribution in [0.25, 0.3) is 71.8 Å². The van der Waals surface area contributed by atoms with Crippen LogP contribution in [0.5, 0.6) is 0 Å². The van der Waals surface area contributed by atoms with Gasteiger partial charge < -0.3 is 14.5 Å². The van der Waals surface area contributed by atoms with Crippen molar-refractivity contribution in [3.63, 3.8) is 0 Å². The molecule has 0 spiro atoms. The number of aromatic nitrogens is 2. The number of para-hydroxylation sites is 2. The summed E-state index contributed by atoms with van der Waals surface area (Å²) in [6.07, 6.45) is 6.30. The van der Waals surface area contributed by atoms with E-state index in [4.69, 9.17) is 5.41 Å². The summed E-state index contributed by atoms with van der Waals surface area (Å²) in [5.74, 6) is 0. The summed E-state index contributed by atoms with van der Waals surface area (Å²) >= 11 is 0. The van der Waals surface area contributed by atoms with E-state index in [-0.39, 0.29) is 0 Å². The number of benzene rings is 7. The van der Waals surface area contributed by atoms with E-state index < -0.39 is 0 Å². The largest absolute Gasteiger partial charge is 0.316 e. The van der Waals surface area contributed by atoms with Gasteiger partial charge in [-0.2, -0.15) is 0 Å². The highest BCUT2D eigenvalue weighted by Gasteiger charge is 2.18. The molecule has 0 radical (unpaired) electrons. The molecule has 48 heavy (non-hydrogen) atoms. The Labute approximate surface area is 278 Å². The summed E-state index contributed by atoms with van der Waals surface area (Å²) in [5.41, 5.74) is 9.18. The van der Waals surface area contributed by atoms with Gasteiger partial charge in [-0.3, -0.25) is 0 Å². The molecule has 0 atom stereocenters. The van der Waals surface area contributed by atoms with Crippen molar-refractivity contribution >= 4 is 71.9 Å². The van der Waals surface area contributed by atoms with Crippen LogP contribution >= 0.6 is 0 Å². The lowest BCUT2D eigenvalue weighted by Crippen LogP contribution is -1.96. The van der Waals surface area contributed by atoms with Gasteiger partial charge in [0.1, 0.15) is 0 Å². The van der Waals surface area contributed by atoms with Crippen LogP contribution in [0.4, 0.5) is 0 Å². The Kier molecular flexibility index (Phi) is 6.62. The molecule has 2 aromatic heterocycles. The van der Waals surface area contributed by atoms with Crippen molar-refractivity contribution in [2.24, 2.45) is 0 Å². The average molecular weight is 614 g/mol. The van der Waals surface area contributed by atoms with Crippen LogP contribution in [-0.2, 0) is 0 Å². The van der Waals surface area contributed by atoms with E-state index in [1.807, 2.05) is 42.5 Å². The van der Waals surface area contributed by atoms with Gasteiger partial charge in [0.15, 0.2) is 0 Å². The molecule has 0 aliphatic rings. The molecule has 0 saturated carbocycles. The minimum absolute atomic E-state index is 0.474. The minimum Gasteiger partial charge on any atom is -0.316 e.